The number of ketones is 3. The van der Waals surface area contributed by atoms with Gasteiger partial charge in [0.1, 0.15) is 5.92 Å². The van der Waals surface area contributed by atoms with Crippen molar-refractivity contribution >= 4 is 27.2 Å². The number of benzene rings is 1. The molecule has 0 saturated heterocycles. The number of rotatable bonds is 5. The molecule has 23 heavy (non-hydrogen) atoms. The minimum absolute atomic E-state index is 0.0754. The molecule has 2 rings (SSSR count). The van der Waals surface area contributed by atoms with Crippen LogP contribution in [0.25, 0.3) is 0 Å². The van der Waals surface area contributed by atoms with Crippen molar-refractivity contribution < 1.29 is 27.7 Å². The number of hydrogen-bond acceptors (Lipinski definition) is 7. The summed E-state index contributed by atoms with van der Waals surface area (Å²) in [4.78, 5) is 45.2. The van der Waals surface area contributed by atoms with E-state index >= 15 is 0 Å². The lowest BCUT2D eigenvalue weighted by Crippen LogP contribution is -2.36. The maximum atomic E-state index is 12.5. The topological polar surface area (TPSA) is 128 Å². The first-order valence-electron chi connectivity index (χ1n) is 6.77. The second kappa shape index (κ2) is 6.37. The van der Waals surface area contributed by atoms with Crippen molar-refractivity contribution in [3.8, 4) is 0 Å². The second-order valence-electron chi connectivity index (χ2n) is 5.16. The summed E-state index contributed by atoms with van der Waals surface area (Å²) < 4.78 is 24.1. The smallest absolute Gasteiger partial charge is 0.298 e. The lowest BCUT2D eigenvalue weighted by molar-refractivity contribution is -0.458. The Morgan fingerprint density at radius 1 is 1.17 bits per heavy atom. The molecule has 122 valence electrons. The van der Waals surface area contributed by atoms with Crippen molar-refractivity contribution in [1.82, 2.24) is 0 Å². The Morgan fingerprint density at radius 2 is 1.74 bits per heavy atom. The van der Waals surface area contributed by atoms with Crippen LogP contribution in [0.3, 0.4) is 0 Å². The van der Waals surface area contributed by atoms with Crippen LogP contribution in [0.1, 0.15) is 29.6 Å². The zero-order valence-electron chi connectivity index (χ0n) is 11.9. The number of hydrogen-bond donors (Lipinski definition) is 0. The van der Waals surface area contributed by atoms with E-state index in [1.807, 2.05) is 0 Å². The number of Topliss-reactive ketones (excluding diaryl/α,β-unsaturated/α-hetero) is 3. The summed E-state index contributed by atoms with van der Waals surface area (Å²) in [5.74, 6) is -4.90. The lowest BCUT2D eigenvalue weighted by atomic mass is 9.82. The fourth-order valence-corrected chi connectivity index (χ4v) is 3.71. The Bertz CT molecular complexity index is 781. The van der Waals surface area contributed by atoms with Crippen molar-refractivity contribution in [2.45, 2.75) is 24.2 Å². The van der Waals surface area contributed by atoms with E-state index in [0.29, 0.717) is 6.42 Å². The Morgan fingerprint density at radius 3 is 2.30 bits per heavy atom. The minimum atomic E-state index is -4.35. The Labute approximate surface area is 131 Å². The lowest BCUT2D eigenvalue weighted by Gasteiger charge is -2.19. The molecule has 1 aromatic rings. The van der Waals surface area contributed by atoms with Gasteiger partial charge in [0.15, 0.2) is 17.3 Å². The van der Waals surface area contributed by atoms with Gasteiger partial charge in [0, 0.05) is 23.3 Å². The molecule has 1 aliphatic rings. The molecule has 9 heteroatoms. The Hall–Kier alpha value is -2.42. The highest BCUT2D eigenvalue weighted by Crippen LogP contribution is 2.25. The zero-order valence-corrected chi connectivity index (χ0v) is 12.7. The molecule has 8 nitrogen and oxygen atoms in total. The number of nitro groups is 1. The minimum Gasteiger partial charge on any atom is -0.298 e. The van der Waals surface area contributed by atoms with Crippen molar-refractivity contribution in [2.24, 2.45) is 5.92 Å². The van der Waals surface area contributed by atoms with Gasteiger partial charge in [0.25, 0.3) is 0 Å². The summed E-state index contributed by atoms with van der Waals surface area (Å²) in [7, 11) is -4.35. The van der Waals surface area contributed by atoms with Gasteiger partial charge in [0.2, 0.25) is 9.84 Å². The Kier molecular flexibility index (Phi) is 4.69. The zero-order chi connectivity index (χ0) is 17.2. The number of sulfone groups is 1. The van der Waals surface area contributed by atoms with E-state index in [2.05, 4.69) is 0 Å². The van der Waals surface area contributed by atoms with Gasteiger partial charge in [-0.1, -0.05) is 18.2 Å². The van der Waals surface area contributed by atoms with Gasteiger partial charge in [-0.3, -0.25) is 24.5 Å². The molecule has 0 heterocycles. The van der Waals surface area contributed by atoms with Gasteiger partial charge in [0.05, 0.1) is 4.90 Å². The molecule has 0 bridgehead atoms. The molecule has 1 fully saturated rings. The van der Waals surface area contributed by atoms with Crippen LogP contribution in [0.2, 0.25) is 0 Å². The third-order valence-electron chi connectivity index (χ3n) is 3.52. The molecule has 1 aromatic carbocycles. The SMILES string of the molecule is O=C1CCCC(=O)C1C(=O)c1ccccc1S(=O)(=O)C[N+](=O)[O-]. The predicted molar refractivity (Wildman–Crippen MR) is 77.2 cm³/mol. The normalized spacial score (nSPS) is 16.3. The number of carbonyl (C=O) groups excluding carboxylic acids is 3. The molecule has 0 amide bonds. The first kappa shape index (κ1) is 16.9. The van der Waals surface area contributed by atoms with Crippen LogP contribution in [0.15, 0.2) is 29.2 Å². The van der Waals surface area contributed by atoms with E-state index in [0.717, 1.165) is 12.1 Å². The van der Waals surface area contributed by atoms with Crippen molar-refractivity contribution in [3.63, 3.8) is 0 Å². The number of carbonyl (C=O) groups is 3. The molecule has 0 unspecified atom stereocenters. The first-order chi connectivity index (χ1) is 10.7. The fourth-order valence-electron chi connectivity index (χ4n) is 2.50. The van der Waals surface area contributed by atoms with Gasteiger partial charge in [-0.25, -0.2) is 8.42 Å². The predicted octanol–water partition coefficient (Wildman–Crippen LogP) is 0.816. The van der Waals surface area contributed by atoms with Gasteiger partial charge < -0.3 is 0 Å². The summed E-state index contributed by atoms with van der Waals surface area (Å²) >= 11 is 0. The van der Waals surface area contributed by atoms with Crippen LogP contribution in [-0.4, -0.2) is 36.6 Å². The molecular weight excluding hydrogens is 326 g/mol. The molecule has 0 radical (unpaired) electrons. The molecule has 0 aliphatic heterocycles. The van der Waals surface area contributed by atoms with Crippen LogP contribution in [0.4, 0.5) is 0 Å². The number of nitrogens with zero attached hydrogens (tertiary/aromatic N) is 1. The molecule has 0 atom stereocenters. The third-order valence-corrected chi connectivity index (χ3v) is 5.09. The first-order valence-corrected chi connectivity index (χ1v) is 8.42. The van der Waals surface area contributed by atoms with E-state index in [-0.39, 0.29) is 18.4 Å². The summed E-state index contributed by atoms with van der Waals surface area (Å²) in [6, 6.07) is 4.90. The maximum Gasteiger partial charge on any atom is 0.305 e. The highest BCUT2D eigenvalue weighted by Gasteiger charge is 2.38. The van der Waals surface area contributed by atoms with Crippen LogP contribution in [0, 0.1) is 16.0 Å². The van der Waals surface area contributed by atoms with E-state index in [1.54, 1.807) is 0 Å². The molecular formula is C14H13NO7S. The summed E-state index contributed by atoms with van der Waals surface area (Å²) in [5, 5.41) is 10.5. The quantitative estimate of drug-likeness (QED) is 0.336. The van der Waals surface area contributed by atoms with Crippen LogP contribution >= 0.6 is 0 Å². The third kappa shape index (κ3) is 3.50. The average molecular weight is 339 g/mol. The average Bonchev–Trinajstić information content (AvgIpc) is 2.45. The second-order valence-corrected chi connectivity index (χ2v) is 7.08. The van der Waals surface area contributed by atoms with Crippen molar-refractivity contribution in [1.29, 1.82) is 0 Å². The summed E-state index contributed by atoms with van der Waals surface area (Å²) in [6.45, 7) is 0. The maximum absolute atomic E-state index is 12.5. The van der Waals surface area contributed by atoms with Gasteiger partial charge in [-0.15, -0.1) is 0 Å². The molecule has 0 N–H and O–H groups in total. The van der Waals surface area contributed by atoms with Gasteiger partial charge in [-0.05, 0) is 12.5 Å². The molecule has 1 saturated carbocycles. The summed E-state index contributed by atoms with van der Waals surface area (Å²) in [6.07, 6.45) is 0.515. The van der Waals surface area contributed by atoms with E-state index in [1.165, 1.54) is 12.1 Å². The van der Waals surface area contributed by atoms with Gasteiger partial charge in [-0.2, -0.15) is 0 Å². The van der Waals surface area contributed by atoms with Gasteiger partial charge >= 0.3 is 5.88 Å². The van der Waals surface area contributed by atoms with Crippen molar-refractivity contribution in [2.75, 3.05) is 5.88 Å². The van der Waals surface area contributed by atoms with Crippen molar-refractivity contribution in [3.05, 3.63) is 39.9 Å². The van der Waals surface area contributed by atoms with E-state index in [9.17, 15) is 32.9 Å². The molecule has 1 aliphatic carbocycles. The Balaban J connectivity index is 2.48. The van der Waals surface area contributed by atoms with Crippen LogP contribution in [-0.2, 0) is 19.4 Å². The molecule has 0 spiro atoms. The molecule has 0 aromatic heterocycles. The van der Waals surface area contributed by atoms with Crippen LogP contribution in [0.5, 0.6) is 0 Å². The fraction of sp³-hybridized carbons (Fsp3) is 0.357. The highest BCUT2D eigenvalue weighted by atomic mass is 32.2. The monoisotopic (exact) mass is 339 g/mol. The van der Waals surface area contributed by atoms with Crippen LogP contribution < -0.4 is 0 Å². The summed E-state index contributed by atoms with van der Waals surface area (Å²) in [5.41, 5.74) is -0.358. The van der Waals surface area contributed by atoms with E-state index < -0.39 is 48.8 Å². The highest BCUT2D eigenvalue weighted by molar-refractivity contribution is 7.91. The van der Waals surface area contributed by atoms with E-state index in [4.69, 9.17) is 0 Å². The largest absolute Gasteiger partial charge is 0.305 e. The standard InChI is InChI=1S/C14H13NO7S/c16-10-5-3-6-11(17)13(10)14(18)9-4-1-2-7-12(9)23(21,22)8-15(19)20/h1-2,4,7,13H,3,5-6,8H2.